The number of fused-ring (bicyclic) bond motifs is 1. The summed E-state index contributed by atoms with van der Waals surface area (Å²) < 4.78 is 1.75. The van der Waals surface area contributed by atoms with E-state index in [1.54, 1.807) is 10.7 Å². The molecule has 0 radical (unpaired) electrons. The number of aromatic nitrogens is 3. The highest BCUT2D eigenvalue weighted by molar-refractivity contribution is 6.30. The maximum atomic E-state index is 5.91. The fraction of sp³-hybridized carbons (Fsp3) is 0.500. The van der Waals surface area contributed by atoms with E-state index in [0.29, 0.717) is 5.02 Å². The van der Waals surface area contributed by atoms with E-state index in [4.69, 9.17) is 11.6 Å². The maximum absolute atomic E-state index is 5.91. The number of likely N-dealkylation sites (tertiary alicyclic amines) is 1. The Bertz CT molecular complexity index is 516. The van der Waals surface area contributed by atoms with Crippen molar-refractivity contribution < 1.29 is 0 Å². The summed E-state index contributed by atoms with van der Waals surface area (Å²) in [5, 5.41) is 5.12. The van der Waals surface area contributed by atoms with Crippen molar-refractivity contribution in [2.45, 2.75) is 19.3 Å². The molecule has 1 saturated heterocycles. The molecule has 1 aliphatic rings. The van der Waals surface area contributed by atoms with Crippen LogP contribution in [0.5, 0.6) is 0 Å². The number of hydrogen-bond donors (Lipinski definition) is 0. The molecule has 0 saturated carbocycles. The van der Waals surface area contributed by atoms with Crippen molar-refractivity contribution in [1.29, 1.82) is 0 Å². The number of halogens is 1. The summed E-state index contributed by atoms with van der Waals surface area (Å²) in [7, 11) is 0. The molecule has 0 atom stereocenters. The molecule has 0 aliphatic carbocycles. The van der Waals surface area contributed by atoms with Crippen LogP contribution in [0.1, 0.15) is 18.7 Å². The van der Waals surface area contributed by atoms with Gasteiger partial charge in [-0.15, -0.1) is 0 Å². The van der Waals surface area contributed by atoms with Crippen LogP contribution in [0.2, 0.25) is 5.02 Å². The van der Waals surface area contributed by atoms with Gasteiger partial charge in [0.25, 0.3) is 0 Å². The van der Waals surface area contributed by atoms with Crippen molar-refractivity contribution >= 4 is 17.2 Å². The Hall–Kier alpha value is -1.13. The lowest BCUT2D eigenvalue weighted by molar-refractivity contribution is 0.341. The summed E-state index contributed by atoms with van der Waals surface area (Å²) in [4.78, 5) is 6.95. The summed E-state index contributed by atoms with van der Waals surface area (Å²) in [5.41, 5.74) is 0.867. The highest BCUT2D eigenvalue weighted by atomic mass is 35.5. The highest BCUT2D eigenvalue weighted by Gasteiger charge is 2.12. The van der Waals surface area contributed by atoms with Crippen LogP contribution in [0.25, 0.3) is 5.65 Å². The molecule has 0 aromatic carbocycles. The second kappa shape index (κ2) is 4.63. The highest BCUT2D eigenvalue weighted by Crippen LogP contribution is 2.11. The van der Waals surface area contributed by atoms with Crippen LogP contribution in [-0.2, 0) is 6.42 Å². The van der Waals surface area contributed by atoms with Gasteiger partial charge in [0, 0.05) is 19.2 Å². The molecular formula is C12H15ClN4. The molecule has 0 amide bonds. The third-order valence-electron chi connectivity index (χ3n) is 3.19. The lowest BCUT2D eigenvalue weighted by Gasteiger charge is -2.12. The van der Waals surface area contributed by atoms with E-state index in [1.165, 1.54) is 25.9 Å². The summed E-state index contributed by atoms with van der Waals surface area (Å²) >= 11 is 5.91. The van der Waals surface area contributed by atoms with Gasteiger partial charge >= 0.3 is 0 Å². The lowest BCUT2D eigenvalue weighted by Crippen LogP contribution is -2.22. The third-order valence-corrected chi connectivity index (χ3v) is 3.41. The minimum atomic E-state index is 0.688. The molecule has 0 unspecified atom stereocenters. The lowest BCUT2D eigenvalue weighted by atomic mass is 10.4. The van der Waals surface area contributed by atoms with Crippen LogP contribution < -0.4 is 0 Å². The van der Waals surface area contributed by atoms with Gasteiger partial charge in [0.15, 0.2) is 11.5 Å². The first-order valence-electron chi connectivity index (χ1n) is 6.04. The van der Waals surface area contributed by atoms with Crippen molar-refractivity contribution in [3.63, 3.8) is 0 Å². The van der Waals surface area contributed by atoms with Crippen molar-refractivity contribution in [2.75, 3.05) is 19.6 Å². The summed E-state index contributed by atoms with van der Waals surface area (Å²) in [6, 6.07) is 3.74. The van der Waals surface area contributed by atoms with Crippen molar-refractivity contribution in [2.24, 2.45) is 0 Å². The summed E-state index contributed by atoms with van der Waals surface area (Å²) in [6.07, 6.45) is 5.37. The maximum Gasteiger partial charge on any atom is 0.155 e. The summed E-state index contributed by atoms with van der Waals surface area (Å²) in [5.74, 6) is 0.902. The van der Waals surface area contributed by atoms with Gasteiger partial charge in [-0.1, -0.05) is 11.6 Å². The van der Waals surface area contributed by atoms with Crippen LogP contribution in [-0.4, -0.2) is 39.1 Å². The predicted molar refractivity (Wildman–Crippen MR) is 67.4 cm³/mol. The van der Waals surface area contributed by atoms with Crippen molar-refractivity contribution in [1.82, 2.24) is 19.5 Å². The predicted octanol–water partition coefficient (Wildman–Crippen LogP) is 2.02. The minimum Gasteiger partial charge on any atom is -0.303 e. The molecule has 0 bridgehead atoms. The van der Waals surface area contributed by atoms with Crippen LogP contribution in [0.3, 0.4) is 0 Å². The van der Waals surface area contributed by atoms with Gasteiger partial charge < -0.3 is 4.90 Å². The molecule has 1 aliphatic heterocycles. The fourth-order valence-corrected chi connectivity index (χ4v) is 2.43. The Morgan fingerprint density at radius 3 is 2.88 bits per heavy atom. The van der Waals surface area contributed by atoms with E-state index < -0.39 is 0 Å². The first kappa shape index (κ1) is 11.0. The molecule has 3 heterocycles. The molecule has 2 aromatic heterocycles. The number of pyridine rings is 1. The second-order valence-corrected chi connectivity index (χ2v) is 4.91. The topological polar surface area (TPSA) is 33.4 Å². The largest absolute Gasteiger partial charge is 0.303 e. The van der Waals surface area contributed by atoms with Gasteiger partial charge in [-0.2, -0.15) is 5.10 Å². The average Bonchev–Trinajstić information content (AvgIpc) is 2.94. The normalized spacial score (nSPS) is 17.0. The molecule has 1 fully saturated rings. The standard InChI is InChI=1S/C12H15ClN4/c13-10-3-4-12-14-11(15-17(12)9-10)5-8-16-6-1-2-7-16/h3-4,9H,1-2,5-8H2. The molecule has 4 nitrogen and oxygen atoms in total. The van der Waals surface area contributed by atoms with Gasteiger partial charge in [-0.25, -0.2) is 9.50 Å². The Morgan fingerprint density at radius 2 is 2.06 bits per heavy atom. The molecule has 0 spiro atoms. The SMILES string of the molecule is Clc1ccc2nc(CCN3CCCC3)nn2c1. The smallest absolute Gasteiger partial charge is 0.155 e. The molecule has 5 heteroatoms. The molecule has 0 N–H and O–H groups in total. The second-order valence-electron chi connectivity index (χ2n) is 4.48. The van der Waals surface area contributed by atoms with E-state index in [1.807, 2.05) is 12.1 Å². The minimum absolute atomic E-state index is 0.688. The van der Waals surface area contributed by atoms with E-state index >= 15 is 0 Å². The van der Waals surface area contributed by atoms with E-state index in [0.717, 1.165) is 24.4 Å². The first-order valence-corrected chi connectivity index (χ1v) is 6.42. The Balaban J connectivity index is 1.72. The van der Waals surface area contributed by atoms with Gasteiger partial charge in [-0.3, -0.25) is 0 Å². The molecule has 3 rings (SSSR count). The van der Waals surface area contributed by atoms with E-state index in [9.17, 15) is 0 Å². The first-order chi connectivity index (χ1) is 8.31. The van der Waals surface area contributed by atoms with Gasteiger partial charge in [-0.05, 0) is 38.1 Å². The van der Waals surface area contributed by atoms with Gasteiger partial charge in [0.2, 0.25) is 0 Å². The zero-order valence-corrected chi connectivity index (χ0v) is 10.4. The van der Waals surface area contributed by atoms with Gasteiger partial charge in [0.05, 0.1) is 5.02 Å². The van der Waals surface area contributed by atoms with Crippen LogP contribution in [0, 0.1) is 0 Å². The number of hydrogen-bond acceptors (Lipinski definition) is 3. The summed E-state index contributed by atoms with van der Waals surface area (Å²) in [6.45, 7) is 3.50. The molecule has 90 valence electrons. The van der Waals surface area contributed by atoms with E-state index in [2.05, 4.69) is 15.0 Å². The monoisotopic (exact) mass is 250 g/mol. The Kier molecular flexibility index (Phi) is 2.99. The molecule has 2 aromatic rings. The van der Waals surface area contributed by atoms with Crippen molar-refractivity contribution in [3.05, 3.63) is 29.2 Å². The fourth-order valence-electron chi connectivity index (χ4n) is 2.27. The van der Waals surface area contributed by atoms with Crippen LogP contribution in [0.15, 0.2) is 18.3 Å². The average molecular weight is 251 g/mol. The zero-order valence-electron chi connectivity index (χ0n) is 9.64. The zero-order chi connectivity index (χ0) is 11.7. The number of nitrogens with zero attached hydrogens (tertiary/aromatic N) is 4. The van der Waals surface area contributed by atoms with Gasteiger partial charge in [0.1, 0.15) is 0 Å². The van der Waals surface area contributed by atoms with Crippen LogP contribution >= 0.6 is 11.6 Å². The van der Waals surface area contributed by atoms with Crippen molar-refractivity contribution in [3.8, 4) is 0 Å². The quantitative estimate of drug-likeness (QED) is 0.836. The number of rotatable bonds is 3. The molecular weight excluding hydrogens is 236 g/mol. The third kappa shape index (κ3) is 2.42. The Morgan fingerprint density at radius 1 is 1.24 bits per heavy atom. The Labute approximate surface area is 105 Å². The van der Waals surface area contributed by atoms with E-state index in [-0.39, 0.29) is 0 Å². The molecule has 17 heavy (non-hydrogen) atoms. The van der Waals surface area contributed by atoms with Crippen LogP contribution in [0.4, 0.5) is 0 Å².